The van der Waals surface area contributed by atoms with E-state index in [0.717, 1.165) is 12.8 Å². The molecule has 1 saturated heterocycles. The number of urea groups is 1. The molecule has 19 heavy (non-hydrogen) atoms. The molecule has 3 N–H and O–H groups in total. The first-order valence-corrected chi connectivity index (χ1v) is 6.12. The number of hydrogen-bond donors (Lipinski definition) is 2. The fraction of sp³-hybridized carbons (Fsp3) is 0.417. The largest absolute Gasteiger partial charge is 0.326 e. The normalized spacial score (nSPS) is 19.0. The van der Waals surface area contributed by atoms with Crippen molar-refractivity contribution < 1.29 is 9.72 Å². The number of rotatable bonds is 2. The number of likely N-dealkylation sites (tertiary alicyclic amines) is 1. The van der Waals surface area contributed by atoms with Gasteiger partial charge in [-0.15, -0.1) is 0 Å². The molecule has 1 unspecified atom stereocenters. The predicted molar refractivity (Wildman–Crippen MR) is 70.9 cm³/mol. The molecule has 0 radical (unpaired) electrons. The summed E-state index contributed by atoms with van der Waals surface area (Å²) in [6, 6.07) is 5.55. The van der Waals surface area contributed by atoms with Gasteiger partial charge in [0, 0.05) is 37.0 Å². The quantitative estimate of drug-likeness (QED) is 0.625. The van der Waals surface area contributed by atoms with Gasteiger partial charge in [-0.25, -0.2) is 4.79 Å². The SMILES string of the molecule is NC1CCCN(C(=O)Nc2ccc([N+](=O)[O-])cc2)C1. The lowest BCUT2D eigenvalue weighted by Gasteiger charge is -2.30. The van der Waals surface area contributed by atoms with Gasteiger partial charge in [-0.1, -0.05) is 0 Å². The van der Waals surface area contributed by atoms with Crippen LogP contribution in [0.4, 0.5) is 16.2 Å². The van der Waals surface area contributed by atoms with E-state index in [1.165, 1.54) is 24.3 Å². The van der Waals surface area contributed by atoms with Crippen LogP contribution in [0.25, 0.3) is 0 Å². The zero-order chi connectivity index (χ0) is 13.8. The Morgan fingerprint density at radius 1 is 1.42 bits per heavy atom. The third-order valence-electron chi connectivity index (χ3n) is 3.07. The third kappa shape index (κ3) is 3.41. The van der Waals surface area contributed by atoms with E-state index in [2.05, 4.69) is 5.32 Å². The Hall–Kier alpha value is -2.15. The maximum Gasteiger partial charge on any atom is 0.321 e. The Kier molecular flexibility index (Phi) is 3.96. The van der Waals surface area contributed by atoms with Gasteiger partial charge in [0.05, 0.1) is 4.92 Å². The molecule has 7 heteroatoms. The smallest absolute Gasteiger partial charge is 0.321 e. The first-order chi connectivity index (χ1) is 9.06. The lowest BCUT2D eigenvalue weighted by Crippen LogP contribution is -2.47. The average molecular weight is 264 g/mol. The average Bonchev–Trinajstić information content (AvgIpc) is 2.39. The summed E-state index contributed by atoms with van der Waals surface area (Å²) in [5.41, 5.74) is 6.35. The lowest BCUT2D eigenvalue weighted by molar-refractivity contribution is -0.384. The molecule has 1 atom stereocenters. The van der Waals surface area contributed by atoms with Crippen molar-refractivity contribution in [2.24, 2.45) is 5.73 Å². The Labute approximate surface area is 110 Å². The number of hydrogen-bond acceptors (Lipinski definition) is 4. The Balaban J connectivity index is 1.96. The van der Waals surface area contributed by atoms with Crippen molar-refractivity contribution in [1.29, 1.82) is 0 Å². The molecular weight excluding hydrogens is 248 g/mol. The summed E-state index contributed by atoms with van der Waals surface area (Å²) in [4.78, 5) is 23.7. The van der Waals surface area contributed by atoms with E-state index in [9.17, 15) is 14.9 Å². The first-order valence-electron chi connectivity index (χ1n) is 6.12. The summed E-state index contributed by atoms with van der Waals surface area (Å²) in [7, 11) is 0. The highest BCUT2D eigenvalue weighted by atomic mass is 16.6. The Morgan fingerprint density at radius 2 is 2.11 bits per heavy atom. The van der Waals surface area contributed by atoms with Gasteiger partial charge in [0.2, 0.25) is 0 Å². The van der Waals surface area contributed by atoms with Crippen molar-refractivity contribution in [3.63, 3.8) is 0 Å². The zero-order valence-corrected chi connectivity index (χ0v) is 10.4. The molecule has 1 aromatic rings. The topological polar surface area (TPSA) is 102 Å². The van der Waals surface area contributed by atoms with E-state index >= 15 is 0 Å². The minimum Gasteiger partial charge on any atom is -0.326 e. The van der Waals surface area contributed by atoms with Gasteiger partial charge in [-0.2, -0.15) is 0 Å². The molecule has 7 nitrogen and oxygen atoms in total. The fourth-order valence-corrected chi connectivity index (χ4v) is 2.06. The van der Waals surface area contributed by atoms with Crippen LogP contribution in [-0.4, -0.2) is 35.0 Å². The summed E-state index contributed by atoms with van der Waals surface area (Å²) in [6.45, 7) is 1.23. The number of nitrogens with zero attached hydrogens (tertiary/aromatic N) is 2. The van der Waals surface area contributed by atoms with Gasteiger partial charge in [0.1, 0.15) is 0 Å². The second-order valence-electron chi connectivity index (χ2n) is 4.58. The number of carbonyl (C=O) groups is 1. The number of nitrogens with two attached hydrogens (primary N) is 1. The number of nitro groups is 1. The number of piperidine rings is 1. The van der Waals surface area contributed by atoms with Gasteiger partial charge in [0.25, 0.3) is 5.69 Å². The molecule has 1 aromatic carbocycles. The molecule has 2 rings (SSSR count). The highest BCUT2D eigenvalue weighted by Crippen LogP contribution is 2.16. The van der Waals surface area contributed by atoms with Crippen LogP contribution >= 0.6 is 0 Å². The minimum atomic E-state index is -0.477. The van der Waals surface area contributed by atoms with Crippen LogP contribution < -0.4 is 11.1 Å². The summed E-state index contributed by atoms with van der Waals surface area (Å²) in [5, 5.41) is 13.2. The molecule has 0 aliphatic carbocycles. The van der Waals surface area contributed by atoms with Crippen LogP contribution in [0.5, 0.6) is 0 Å². The minimum absolute atomic E-state index is 0.00186. The van der Waals surface area contributed by atoms with E-state index in [0.29, 0.717) is 18.8 Å². The number of nitro benzene ring substituents is 1. The van der Waals surface area contributed by atoms with Crippen molar-refractivity contribution in [3.05, 3.63) is 34.4 Å². The molecule has 1 aliphatic heterocycles. The molecule has 1 heterocycles. The molecule has 102 valence electrons. The molecule has 1 fully saturated rings. The Morgan fingerprint density at radius 3 is 2.68 bits per heavy atom. The summed E-state index contributed by atoms with van der Waals surface area (Å²) in [6.07, 6.45) is 1.83. The zero-order valence-electron chi connectivity index (χ0n) is 10.4. The van der Waals surface area contributed by atoms with E-state index in [-0.39, 0.29) is 17.8 Å². The number of carbonyl (C=O) groups excluding carboxylic acids is 1. The standard InChI is InChI=1S/C12H16N4O3/c13-9-2-1-7-15(8-9)12(17)14-10-3-5-11(6-4-10)16(18)19/h3-6,9H,1-2,7-8,13H2,(H,14,17). The van der Waals surface area contributed by atoms with Crippen LogP contribution in [0.15, 0.2) is 24.3 Å². The van der Waals surface area contributed by atoms with E-state index in [1.807, 2.05) is 0 Å². The second kappa shape index (κ2) is 5.66. The van der Waals surface area contributed by atoms with Gasteiger partial charge < -0.3 is 16.0 Å². The second-order valence-corrected chi connectivity index (χ2v) is 4.58. The maximum atomic E-state index is 12.0. The molecule has 2 amide bonds. The Bertz CT molecular complexity index is 474. The molecule has 0 spiro atoms. The summed E-state index contributed by atoms with van der Waals surface area (Å²) in [5.74, 6) is 0. The molecule has 0 bridgehead atoms. The number of benzene rings is 1. The van der Waals surface area contributed by atoms with Crippen LogP contribution in [0.1, 0.15) is 12.8 Å². The third-order valence-corrected chi connectivity index (χ3v) is 3.07. The van der Waals surface area contributed by atoms with Gasteiger partial charge in [0.15, 0.2) is 0 Å². The number of anilines is 1. The fourth-order valence-electron chi connectivity index (χ4n) is 2.06. The molecule has 0 saturated carbocycles. The van der Waals surface area contributed by atoms with Crippen LogP contribution in [-0.2, 0) is 0 Å². The highest BCUT2D eigenvalue weighted by Gasteiger charge is 2.21. The molecule has 1 aliphatic rings. The predicted octanol–water partition coefficient (Wildman–Crippen LogP) is 1.55. The van der Waals surface area contributed by atoms with E-state index in [1.54, 1.807) is 4.90 Å². The monoisotopic (exact) mass is 264 g/mol. The van der Waals surface area contributed by atoms with Crippen LogP contribution in [0, 0.1) is 10.1 Å². The van der Waals surface area contributed by atoms with E-state index < -0.39 is 4.92 Å². The van der Waals surface area contributed by atoms with Crippen molar-refractivity contribution in [1.82, 2.24) is 4.90 Å². The van der Waals surface area contributed by atoms with Gasteiger partial charge in [-0.3, -0.25) is 10.1 Å². The van der Waals surface area contributed by atoms with E-state index in [4.69, 9.17) is 5.73 Å². The summed E-state index contributed by atoms with van der Waals surface area (Å²) >= 11 is 0. The van der Waals surface area contributed by atoms with Crippen LogP contribution in [0.3, 0.4) is 0 Å². The molecule has 0 aromatic heterocycles. The van der Waals surface area contributed by atoms with Crippen molar-refractivity contribution in [3.8, 4) is 0 Å². The van der Waals surface area contributed by atoms with Crippen molar-refractivity contribution in [2.45, 2.75) is 18.9 Å². The van der Waals surface area contributed by atoms with Crippen molar-refractivity contribution >= 4 is 17.4 Å². The maximum absolute atomic E-state index is 12.0. The van der Waals surface area contributed by atoms with Crippen LogP contribution in [0.2, 0.25) is 0 Å². The van der Waals surface area contributed by atoms with Gasteiger partial charge in [-0.05, 0) is 25.0 Å². The number of non-ortho nitro benzene ring substituents is 1. The lowest BCUT2D eigenvalue weighted by atomic mass is 10.1. The highest BCUT2D eigenvalue weighted by molar-refractivity contribution is 5.89. The first kappa shape index (κ1) is 13.3. The van der Waals surface area contributed by atoms with Gasteiger partial charge >= 0.3 is 6.03 Å². The number of amides is 2. The molecular formula is C12H16N4O3. The summed E-state index contributed by atoms with van der Waals surface area (Å²) < 4.78 is 0. The van der Waals surface area contributed by atoms with Crippen molar-refractivity contribution in [2.75, 3.05) is 18.4 Å². The number of nitrogens with one attached hydrogen (secondary N) is 1.